The van der Waals surface area contributed by atoms with Gasteiger partial charge in [-0.15, -0.1) is 10.2 Å². The van der Waals surface area contributed by atoms with E-state index in [2.05, 4.69) is 24.1 Å². The number of carbonyl (C=O) groups is 1. The number of methoxy groups -OCH3 is 1. The highest BCUT2D eigenvalue weighted by Gasteiger charge is 2.18. The molecule has 0 aliphatic rings. The first-order chi connectivity index (χ1) is 15.8. The largest absolute Gasteiger partial charge is 0.497 e. The molecule has 2 aromatic carbocycles. The van der Waals surface area contributed by atoms with Crippen molar-refractivity contribution >= 4 is 45.7 Å². The zero-order valence-electron chi connectivity index (χ0n) is 18.8. The molecule has 1 heterocycles. The fourth-order valence-electron chi connectivity index (χ4n) is 3.30. The zero-order chi connectivity index (χ0) is 24.0. The Kier molecular flexibility index (Phi) is 8.58. The van der Waals surface area contributed by atoms with Crippen LogP contribution in [-0.4, -0.2) is 29.3 Å². The summed E-state index contributed by atoms with van der Waals surface area (Å²) < 4.78 is 12.7. The Morgan fingerprint density at radius 3 is 2.67 bits per heavy atom. The molecule has 0 saturated heterocycles. The molecule has 0 bridgehead atoms. The number of halogens is 2. The van der Waals surface area contributed by atoms with Gasteiger partial charge < -0.3 is 19.1 Å². The van der Waals surface area contributed by atoms with Crippen LogP contribution in [-0.2, 0) is 11.3 Å². The molecule has 176 valence electrons. The van der Waals surface area contributed by atoms with Gasteiger partial charge in [-0.3, -0.25) is 4.79 Å². The van der Waals surface area contributed by atoms with Crippen molar-refractivity contribution in [3.8, 4) is 17.4 Å². The van der Waals surface area contributed by atoms with E-state index in [0.717, 1.165) is 11.9 Å². The lowest BCUT2D eigenvalue weighted by Crippen LogP contribution is -2.01. The highest BCUT2D eigenvalue weighted by atomic mass is 35.5. The minimum absolute atomic E-state index is 0.0174. The highest BCUT2D eigenvalue weighted by Crippen LogP contribution is 2.41. The molecular weight excluding hydrogens is 465 g/mol. The molecule has 3 aromatic rings. The summed E-state index contributed by atoms with van der Waals surface area (Å²) in [6.07, 6.45) is 1.47. The SMILES string of the molecule is COc1ccc2c(c1)c(N=NC(=O)CCCOc1ccc(Cl)cc1Cl)c(O)n2CCC(C)C. The predicted molar refractivity (Wildman–Crippen MR) is 130 cm³/mol. The second-order valence-corrected chi connectivity index (χ2v) is 8.85. The summed E-state index contributed by atoms with van der Waals surface area (Å²) in [5, 5.41) is 20.3. The number of nitrogens with zero attached hydrogens (tertiary/aromatic N) is 3. The van der Waals surface area contributed by atoms with Gasteiger partial charge in [-0.2, -0.15) is 0 Å². The normalized spacial score (nSPS) is 11.6. The van der Waals surface area contributed by atoms with E-state index in [4.69, 9.17) is 32.7 Å². The van der Waals surface area contributed by atoms with E-state index < -0.39 is 5.91 Å². The van der Waals surface area contributed by atoms with E-state index in [0.29, 0.717) is 52.4 Å². The van der Waals surface area contributed by atoms with Crippen LogP contribution in [0.3, 0.4) is 0 Å². The molecule has 3 rings (SSSR count). The fourth-order valence-corrected chi connectivity index (χ4v) is 3.76. The van der Waals surface area contributed by atoms with Crippen LogP contribution in [0.15, 0.2) is 46.6 Å². The molecule has 0 fully saturated rings. The Morgan fingerprint density at radius 1 is 1.18 bits per heavy atom. The van der Waals surface area contributed by atoms with Crippen molar-refractivity contribution in [3.63, 3.8) is 0 Å². The second kappa shape index (κ2) is 11.4. The third-order valence-corrected chi connectivity index (χ3v) is 5.63. The molecule has 7 nitrogen and oxygen atoms in total. The van der Waals surface area contributed by atoms with Gasteiger partial charge in [-0.05, 0) is 55.2 Å². The van der Waals surface area contributed by atoms with Crippen LogP contribution in [0.2, 0.25) is 10.0 Å². The fraction of sp³-hybridized carbons (Fsp3) is 0.375. The number of rotatable bonds is 10. The summed E-state index contributed by atoms with van der Waals surface area (Å²) in [5.74, 6) is 1.17. The molecule has 0 saturated carbocycles. The van der Waals surface area contributed by atoms with Crippen molar-refractivity contribution in [3.05, 3.63) is 46.4 Å². The van der Waals surface area contributed by atoms with Gasteiger partial charge in [0, 0.05) is 23.4 Å². The Bertz CT molecular complexity index is 1160. The lowest BCUT2D eigenvalue weighted by molar-refractivity contribution is -0.118. The highest BCUT2D eigenvalue weighted by molar-refractivity contribution is 6.35. The van der Waals surface area contributed by atoms with Crippen LogP contribution in [0.25, 0.3) is 10.9 Å². The number of aromatic nitrogens is 1. The molecule has 0 aliphatic heterocycles. The number of fused-ring (bicyclic) bond motifs is 1. The van der Waals surface area contributed by atoms with Crippen molar-refractivity contribution < 1.29 is 19.4 Å². The Labute approximate surface area is 202 Å². The minimum atomic E-state index is -0.411. The lowest BCUT2D eigenvalue weighted by Gasteiger charge is -2.09. The van der Waals surface area contributed by atoms with Crippen LogP contribution >= 0.6 is 23.2 Å². The monoisotopic (exact) mass is 491 g/mol. The molecule has 1 amide bonds. The van der Waals surface area contributed by atoms with Gasteiger partial charge in [-0.1, -0.05) is 37.0 Å². The first-order valence-corrected chi connectivity index (χ1v) is 11.5. The van der Waals surface area contributed by atoms with Gasteiger partial charge in [0.05, 0.1) is 24.3 Å². The van der Waals surface area contributed by atoms with Crippen LogP contribution in [0, 0.1) is 5.92 Å². The van der Waals surface area contributed by atoms with Gasteiger partial charge in [0.15, 0.2) is 5.69 Å². The average Bonchev–Trinajstić information content (AvgIpc) is 3.04. The summed E-state index contributed by atoms with van der Waals surface area (Å²) in [7, 11) is 1.57. The smallest absolute Gasteiger partial charge is 0.264 e. The summed E-state index contributed by atoms with van der Waals surface area (Å²) in [6, 6.07) is 10.4. The Morgan fingerprint density at radius 2 is 1.97 bits per heavy atom. The van der Waals surface area contributed by atoms with Crippen molar-refractivity contribution in [2.24, 2.45) is 16.1 Å². The van der Waals surface area contributed by atoms with E-state index in [-0.39, 0.29) is 18.0 Å². The zero-order valence-corrected chi connectivity index (χ0v) is 20.4. The quantitative estimate of drug-likeness (QED) is 0.240. The van der Waals surface area contributed by atoms with Gasteiger partial charge in [0.1, 0.15) is 11.5 Å². The van der Waals surface area contributed by atoms with Gasteiger partial charge >= 0.3 is 0 Å². The molecule has 0 unspecified atom stereocenters. The van der Waals surface area contributed by atoms with Crippen molar-refractivity contribution in [2.45, 2.75) is 39.7 Å². The Hall–Kier alpha value is -2.77. The molecular formula is C24H27Cl2N3O4. The number of ether oxygens (including phenoxy) is 2. The minimum Gasteiger partial charge on any atom is -0.497 e. The van der Waals surface area contributed by atoms with E-state index >= 15 is 0 Å². The third kappa shape index (κ3) is 6.39. The molecule has 1 N–H and O–H groups in total. The number of benzene rings is 2. The Balaban J connectivity index is 1.68. The molecule has 33 heavy (non-hydrogen) atoms. The van der Waals surface area contributed by atoms with Crippen molar-refractivity contribution in [2.75, 3.05) is 13.7 Å². The number of amides is 1. The van der Waals surface area contributed by atoms with E-state index in [1.165, 1.54) is 0 Å². The van der Waals surface area contributed by atoms with Crippen LogP contribution < -0.4 is 9.47 Å². The molecule has 0 atom stereocenters. The second-order valence-electron chi connectivity index (χ2n) is 8.01. The van der Waals surface area contributed by atoms with Crippen molar-refractivity contribution in [1.82, 2.24) is 4.57 Å². The van der Waals surface area contributed by atoms with Gasteiger partial charge in [-0.25, -0.2) is 0 Å². The summed E-state index contributed by atoms with van der Waals surface area (Å²) in [6.45, 7) is 5.16. The van der Waals surface area contributed by atoms with E-state index in [9.17, 15) is 9.90 Å². The lowest BCUT2D eigenvalue weighted by atomic mass is 10.1. The third-order valence-electron chi connectivity index (χ3n) is 5.10. The number of azo groups is 1. The summed E-state index contributed by atoms with van der Waals surface area (Å²) in [5.41, 5.74) is 1.06. The molecule has 0 aliphatic carbocycles. The molecule has 1 aromatic heterocycles. The average molecular weight is 492 g/mol. The van der Waals surface area contributed by atoms with Gasteiger partial charge in [0.25, 0.3) is 5.91 Å². The summed E-state index contributed by atoms with van der Waals surface area (Å²) >= 11 is 11.9. The molecule has 9 heteroatoms. The van der Waals surface area contributed by atoms with Crippen LogP contribution in [0.5, 0.6) is 17.4 Å². The maximum Gasteiger partial charge on any atom is 0.264 e. The summed E-state index contributed by atoms with van der Waals surface area (Å²) in [4.78, 5) is 12.3. The first-order valence-electron chi connectivity index (χ1n) is 10.7. The van der Waals surface area contributed by atoms with Gasteiger partial charge in [0.2, 0.25) is 5.88 Å². The number of aromatic hydroxyl groups is 1. The predicted octanol–water partition coefficient (Wildman–Crippen LogP) is 7.18. The van der Waals surface area contributed by atoms with E-state index in [1.807, 2.05) is 12.1 Å². The van der Waals surface area contributed by atoms with Crippen molar-refractivity contribution in [1.29, 1.82) is 0 Å². The first kappa shape index (κ1) is 24.9. The topological polar surface area (TPSA) is 85.4 Å². The molecule has 0 radical (unpaired) electrons. The van der Waals surface area contributed by atoms with E-state index in [1.54, 1.807) is 35.9 Å². The maximum absolute atomic E-state index is 12.3. The van der Waals surface area contributed by atoms with Crippen LogP contribution in [0.1, 0.15) is 33.1 Å². The number of hydrogen-bond donors (Lipinski definition) is 1. The molecule has 0 spiro atoms. The standard InChI is InChI=1S/C24H27Cl2N3O4/c1-15(2)10-11-29-20-8-7-17(32-3)14-18(20)23(24(29)31)28-27-22(30)5-4-12-33-21-9-6-16(25)13-19(21)26/h6-9,13-15,31H,4-5,10-12H2,1-3H3. The number of aryl methyl sites for hydroxylation is 1. The maximum atomic E-state index is 12.3. The number of carbonyl (C=O) groups excluding carboxylic acids is 1. The van der Waals surface area contributed by atoms with Crippen LogP contribution in [0.4, 0.5) is 5.69 Å². The number of hydrogen-bond acceptors (Lipinski definition) is 5.